The number of halogens is 4. The van der Waals surface area contributed by atoms with Crippen LogP contribution in [0.3, 0.4) is 0 Å². The first-order valence-electron chi connectivity index (χ1n) is 34.6. The maximum absolute atomic E-state index is 15.6. The van der Waals surface area contributed by atoms with Crippen LogP contribution in [0.4, 0.5) is 13.2 Å². The van der Waals surface area contributed by atoms with Crippen LogP contribution < -0.4 is 16.0 Å². The number of nitrogens with one attached hydrogen (secondary N) is 3. The van der Waals surface area contributed by atoms with E-state index in [0.29, 0.717) is 36.8 Å². The fraction of sp³-hybridized carbons (Fsp3) is 0.589. The van der Waals surface area contributed by atoms with Crippen LogP contribution in [0.2, 0.25) is 5.02 Å². The van der Waals surface area contributed by atoms with Gasteiger partial charge in [0.2, 0.25) is 70.9 Å². The topological polar surface area (TPSA) is 270 Å². The monoisotopic (exact) mass is 1430 g/mol. The van der Waals surface area contributed by atoms with Gasteiger partial charge in [0.25, 0.3) is 0 Å². The Bertz CT molecular complexity index is 3520. The number of carbonyl (C=O) groups excluding carboxylic acids is 12. The van der Waals surface area contributed by atoms with E-state index in [1.54, 1.807) is 70.2 Å². The molecular weight excluding hydrogens is 1330 g/mol. The van der Waals surface area contributed by atoms with Crippen molar-refractivity contribution in [2.75, 3.05) is 76.5 Å². The zero-order chi connectivity index (χ0) is 75.4. The Kier molecular flexibility index (Phi) is 28.1. The first kappa shape index (κ1) is 81.3. The minimum atomic E-state index is -4.79. The molecule has 0 unspecified atom stereocenters. The predicted molar refractivity (Wildman–Crippen MR) is 374 cm³/mol. The smallest absolute Gasteiger partial charge is 0.347 e. The highest BCUT2D eigenvalue weighted by atomic mass is 35.5. The van der Waals surface area contributed by atoms with Crippen LogP contribution >= 0.6 is 11.6 Å². The van der Waals surface area contributed by atoms with E-state index in [2.05, 4.69) is 16.0 Å². The van der Waals surface area contributed by atoms with Gasteiger partial charge in [-0.05, 0) is 93.5 Å². The summed E-state index contributed by atoms with van der Waals surface area (Å²) in [4.78, 5) is 189. The molecule has 554 valence electrons. The van der Waals surface area contributed by atoms with Gasteiger partial charge in [0.15, 0.2) is 0 Å². The third-order valence-corrected chi connectivity index (χ3v) is 21.1. The van der Waals surface area contributed by atoms with Crippen LogP contribution in [0.15, 0.2) is 72.8 Å². The molecule has 12 amide bonds. The summed E-state index contributed by atoms with van der Waals surface area (Å²) >= 11 is 6.18. The van der Waals surface area contributed by atoms with Crippen molar-refractivity contribution in [1.29, 1.82) is 0 Å². The number of amides is 12. The van der Waals surface area contributed by atoms with Gasteiger partial charge in [-0.3, -0.25) is 57.5 Å². The maximum Gasteiger partial charge on any atom is 0.417 e. The number of benzene rings is 3. The van der Waals surface area contributed by atoms with E-state index in [1.165, 1.54) is 108 Å². The van der Waals surface area contributed by atoms with Crippen molar-refractivity contribution in [2.24, 2.45) is 11.8 Å². The van der Waals surface area contributed by atoms with Gasteiger partial charge in [-0.15, -0.1) is 0 Å². The van der Waals surface area contributed by atoms with E-state index in [-0.39, 0.29) is 57.1 Å². The Morgan fingerprint density at radius 1 is 0.644 bits per heavy atom. The van der Waals surface area contributed by atoms with Crippen molar-refractivity contribution in [3.8, 4) is 0 Å². The zero-order valence-electron chi connectivity index (χ0n) is 61.1. The van der Waals surface area contributed by atoms with Crippen LogP contribution in [0.25, 0.3) is 0 Å². The van der Waals surface area contributed by atoms with Crippen molar-refractivity contribution in [2.45, 2.75) is 192 Å². The molecule has 1 aliphatic carbocycles. The molecule has 0 bridgehead atoms. The number of rotatable bonds is 12. The van der Waals surface area contributed by atoms with Gasteiger partial charge in [0.05, 0.1) is 23.6 Å². The fourth-order valence-electron chi connectivity index (χ4n) is 13.3. The van der Waals surface area contributed by atoms with E-state index in [4.69, 9.17) is 11.6 Å². The lowest BCUT2D eigenvalue weighted by atomic mass is 9.90. The molecule has 11 atom stereocenters. The van der Waals surface area contributed by atoms with E-state index >= 15 is 24.0 Å². The third-order valence-electron chi connectivity index (χ3n) is 20.8. The lowest BCUT2D eigenvalue weighted by molar-refractivity contribution is -0.160. The quantitative estimate of drug-likeness (QED) is 0.213. The first-order valence-corrected chi connectivity index (χ1v) is 34.9. The lowest BCUT2D eigenvalue weighted by Gasteiger charge is -2.45. The number of hydrogen-bond acceptors (Lipinski definition) is 12. The highest BCUT2D eigenvalue weighted by molar-refractivity contribution is 6.31. The summed E-state index contributed by atoms with van der Waals surface area (Å²) in [6.07, 6.45) is -4.06. The van der Waals surface area contributed by atoms with Crippen molar-refractivity contribution in [1.82, 2.24) is 60.0 Å². The Morgan fingerprint density at radius 2 is 1.22 bits per heavy atom. The first-order chi connectivity index (χ1) is 47.3. The SMILES string of the molecule is CC[C@H](C)[C@@H]1NC(=O)[C@H](C)N(C)C(=O)C[C@@H](C(=O)N(C)C)N(C)C(=O)[C@H]([C@@H](C)CC)N(C)C(=O)C2(CCCC2)NC(=O)[C@@H](Cc2ccccc2)N(C)C(=O)[C@H](CCc2ccc(C(F)(F)F)c(Cl)c2)NC(=O)CN(C)C(=O)[C@H](Cc2ccc(C)cc2)N(C)C(=O)[C@@H]2CCN2C(=O)[C@H](C)N(C)C1=O. The highest BCUT2D eigenvalue weighted by Crippen LogP contribution is 2.37. The van der Waals surface area contributed by atoms with Crippen LogP contribution in [0.5, 0.6) is 0 Å². The summed E-state index contributed by atoms with van der Waals surface area (Å²) < 4.78 is 41.8. The Labute approximate surface area is 596 Å². The lowest BCUT2D eigenvalue weighted by Crippen LogP contribution is -2.65. The fourth-order valence-corrected chi connectivity index (χ4v) is 13.6. The molecule has 2 heterocycles. The molecule has 1 saturated carbocycles. The van der Waals surface area contributed by atoms with Gasteiger partial charge in [0.1, 0.15) is 59.9 Å². The average molecular weight is 1430 g/mol. The summed E-state index contributed by atoms with van der Waals surface area (Å²) in [6, 6.07) is 7.08. The minimum absolute atomic E-state index is 0.0624. The second kappa shape index (κ2) is 34.8. The highest BCUT2D eigenvalue weighted by Gasteiger charge is 2.51. The number of fused-ring (bicyclic) bond motifs is 1. The Hall–Kier alpha value is -8.62. The van der Waals surface area contributed by atoms with Crippen LogP contribution in [-0.2, 0) is 83.0 Å². The molecule has 0 radical (unpaired) electrons. The molecule has 2 aliphatic heterocycles. The molecule has 3 aromatic rings. The summed E-state index contributed by atoms with van der Waals surface area (Å²) in [5, 5.41) is 7.95. The van der Waals surface area contributed by atoms with Gasteiger partial charge in [0, 0.05) is 82.8 Å². The predicted octanol–water partition coefficient (Wildman–Crippen LogP) is 5.13. The van der Waals surface area contributed by atoms with Gasteiger partial charge < -0.3 is 60.0 Å². The molecule has 3 aliphatic rings. The van der Waals surface area contributed by atoms with Crippen LogP contribution in [-0.4, -0.2) is 251 Å². The Morgan fingerprint density at radius 3 is 1.77 bits per heavy atom. The second-order valence-electron chi connectivity index (χ2n) is 27.9. The van der Waals surface area contributed by atoms with Gasteiger partial charge >= 0.3 is 6.18 Å². The van der Waals surface area contributed by atoms with Gasteiger partial charge in [-0.2, -0.15) is 13.2 Å². The standard InChI is InChI=1S/C73H102ClF3N12O12/c1-17-44(4)60-69(99)84(12)47(7)64(94)89-37-34-54(89)68(98)86(14)56(40-50-28-26-43(3)27-29-50)67(97)82(10)42-58(90)78-53(33-31-49-30-32-51(52(74)38-49)73(75,76)77)65(95)85(13)55(39-48-24-20-19-21-25-48)63(93)80-72(35-22-23-36-72)71(101)88(16)61(45(5)18-2)70(100)87(15)57(66(96)81(8)9)41-59(91)83(11)46(6)62(92)79-60/h19-21,24-30,32,38,44-47,53-57,60-61H,17-18,22-23,31,33-37,39-42H2,1-16H3,(H,78,90)(H,79,92)(H,80,93)/t44-,45-,46-,47-,53-,54-,55+,56-,57-,60-,61-/m0/s1. The Balaban J connectivity index is 1.48. The van der Waals surface area contributed by atoms with E-state index in [1.807, 2.05) is 19.1 Å². The maximum atomic E-state index is 15.6. The summed E-state index contributed by atoms with van der Waals surface area (Å²) in [6.45, 7) is 11.3. The normalized spacial score (nSPS) is 25.2. The van der Waals surface area contributed by atoms with E-state index in [0.717, 1.165) is 37.3 Å². The molecule has 28 heteroatoms. The van der Waals surface area contributed by atoms with Crippen molar-refractivity contribution < 1.29 is 70.7 Å². The largest absolute Gasteiger partial charge is 0.417 e. The summed E-state index contributed by atoms with van der Waals surface area (Å²) in [5.74, 6) is -9.79. The zero-order valence-corrected chi connectivity index (χ0v) is 61.9. The van der Waals surface area contributed by atoms with Crippen molar-refractivity contribution >= 4 is 82.5 Å². The molecular formula is C73H102ClF3N12O12. The number of hydrogen-bond donors (Lipinski definition) is 3. The molecule has 3 N–H and O–H groups in total. The van der Waals surface area contributed by atoms with Crippen molar-refractivity contribution in [3.05, 3.63) is 106 Å². The molecule has 3 fully saturated rings. The number of alkyl halides is 3. The number of aryl methyl sites for hydroxylation is 2. The summed E-state index contributed by atoms with van der Waals surface area (Å²) in [7, 11) is 12.5. The van der Waals surface area contributed by atoms with E-state index in [9.17, 15) is 46.7 Å². The number of likely N-dealkylation sites (N-methyl/N-ethyl adjacent to an activating group) is 8. The number of carbonyl (C=O) groups is 12. The van der Waals surface area contributed by atoms with Crippen LogP contribution in [0, 0.1) is 18.8 Å². The minimum Gasteiger partial charge on any atom is -0.347 e. The summed E-state index contributed by atoms with van der Waals surface area (Å²) in [5.41, 5.74) is -0.402. The molecule has 24 nitrogen and oxygen atoms in total. The molecule has 6 rings (SSSR count). The molecule has 3 aromatic carbocycles. The van der Waals surface area contributed by atoms with Crippen LogP contribution in [0.1, 0.15) is 127 Å². The molecule has 0 aromatic heterocycles. The average Bonchev–Trinajstić information content (AvgIpc) is 1.25. The second-order valence-corrected chi connectivity index (χ2v) is 28.3. The molecule has 101 heavy (non-hydrogen) atoms. The van der Waals surface area contributed by atoms with E-state index < -0.39 is 172 Å². The molecule has 2 saturated heterocycles. The van der Waals surface area contributed by atoms with Gasteiger partial charge in [-0.1, -0.05) is 131 Å². The van der Waals surface area contributed by atoms with Crippen molar-refractivity contribution in [3.63, 3.8) is 0 Å². The third kappa shape index (κ3) is 19.3. The van der Waals surface area contributed by atoms with Gasteiger partial charge in [-0.25, -0.2) is 0 Å². The number of nitrogens with zero attached hydrogens (tertiary/aromatic N) is 9. The molecule has 1 spiro atoms.